The summed E-state index contributed by atoms with van der Waals surface area (Å²) in [7, 11) is 0. The SMILES string of the molecule is CCC1(CC)CC(C)(F)CN1. The Kier molecular flexibility index (Phi) is 2.24. The van der Waals surface area contributed by atoms with Gasteiger partial charge in [0.2, 0.25) is 0 Å². The summed E-state index contributed by atoms with van der Waals surface area (Å²) in [6.07, 6.45) is 2.74. The first-order chi connectivity index (χ1) is 5.04. The van der Waals surface area contributed by atoms with Gasteiger partial charge in [0.05, 0.1) is 0 Å². The molecule has 1 nitrogen and oxygen atoms in total. The lowest BCUT2D eigenvalue weighted by Crippen LogP contribution is -2.37. The summed E-state index contributed by atoms with van der Waals surface area (Å²) in [5, 5.41) is 3.28. The van der Waals surface area contributed by atoms with E-state index in [4.69, 9.17) is 0 Å². The number of halogens is 1. The van der Waals surface area contributed by atoms with Crippen LogP contribution in [0.15, 0.2) is 0 Å². The van der Waals surface area contributed by atoms with Gasteiger partial charge in [0.15, 0.2) is 0 Å². The van der Waals surface area contributed by atoms with E-state index in [1.165, 1.54) is 0 Å². The first-order valence-corrected chi connectivity index (χ1v) is 4.47. The van der Waals surface area contributed by atoms with Gasteiger partial charge in [0.25, 0.3) is 0 Å². The molecule has 1 unspecified atom stereocenters. The molecule has 0 aromatic heterocycles. The zero-order valence-electron chi connectivity index (χ0n) is 7.71. The van der Waals surface area contributed by atoms with E-state index in [9.17, 15) is 4.39 Å². The van der Waals surface area contributed by atoms with E-state index in [-0.39, 0.29) is 5.54 Å². The van der Waals surface area contributed by atoms with Crippen molar-refractivity contribution in [3.63, 3.8) is 0 Å². The van der Waals surface area contributed by atoms with Crippen molar-refractivity contribution in [1.29, 1.82) is 0 Å². The van der Waals surface area contributed by atoms with Gasteiger partial charge in [-0.2, -0.15) is 0 Å². The molecule has 0 aliphatic carbocycles. The van der Waals surface area contributed by atoms with Gasteiger partial charge in [-0.1, -0.05) is 13.8 Å². The molecular weight excluding hydrogens is 141 g/mol. The van der Waals surface area contributed by atoms with Crippen molar-refractivity contribution in [2.75, 3.05) is 6.54 Å². The van der Waals surface area contributed by atoms with Crippen LogP contribution in [0.5, 0.6) is 0 Å². The number of alkyl halides is 1. The summed E-state index contributed by atoms with van der Waals surface area (Å²) >= 11 is 0. The smallest absolute Gasteiger partial charge is 0.122 e. The molecule has 0 bridgehead atoms. The summed E-state index contributed by atoms with van der Waals surface area (Å²) in [5.41, 5.74) is -0.893. The molecule has 0 aromatic carbocycles. The Balaban J connectivity index is 2.62. The van der Waals surface area contributed by atoms with Crippen LogP contribution in [0.3, 0.4) is 0 Å². The minimum atomic E-state index is -0.980. The van der Waals surface area contributed by atoms with Crippen LogP contribution in [-0.4, -0.2) is 17.8 Å². The summed E-state index contributed by atoms with van der Waals surface area (Å²) in [6, 6.07) is 0. The van der Waals surface area contributed by atoms with Crippen LogP contribution < -0.4 is 5.32 Å². The molecule has 1 N–H and O–H groups in total. The zero-order chi connectivity index (χ0) is 8.54. The molecule has 66 valence electrons. The molecule has 2 heteroatoms. The lowest BCUT2D eigenvalue weighted by atomic mass is 9.87. The largest absolute Gasteiger partial charge is 0.308 e. The van der Waals surface area contributed by atoms with Gasteiger partial charge in [0, 0.05) is 18.5 Å². The molecule has 1 heterocycles. The lowest BCUT2D eigenvalue weighted by molar-refractivity contribution is 0.197. The standard InChI is InChI=1S/C9H18FN/c1-4-9(5-2)6-8(3,10)7-11-9/h11H,4-7H2,1-3H3. The highest BCUT2D eigenvalue weighted by Crippen LogP contribution is 2.34. The predicted octanol–water partition coefficient (Wildman–Crippen LogP) is 2.27. The van der Waals surface area contributed by atoms with Gasteiger partial charge in [-0.25, -0.2) is 4.39 Å². The molecule has 0 amide bonds. The van der Waals surface area contributed by atoms with Crippen molar-refractivity contribution in [2.45, 2.75) is 51.2 Å². The molecular formula is C9H18FN. The Morgan fingerprint density at radius 1 is 1.36 bits per heavy atom. The maximum atomic E-state index is 13.4. The Labute approximate surface area is 68.4 Å². The summed E-state index contributed by atoms with van der Waals surface area (Å²) in [6.45, 7) is 6.46. The average molecular weight is 159 g/mol. The second-order valence-corrected chi connectivity index (χ2v) is 3.93. The fraction of sp³-hybridized carbons (Fsp3) is 1.00. The zero-order valence-corrected chi connectivity index (χ0v) is 7.71. The van der Waals surface area contributed by atoms with Crippen LogP contribution in [0.1, 0.15) is 40.0 Å². The topological polar surface area (TPSA) is 12.0 Å². The third-order valence-electron chi connectivity index (χ3n) is 2.89. The minimum absolute atomic E-state index is 0.0868. The van der Waals surface area contributed by atoms with Gasteiger partial charge in [-0.3, -0.25) is 0 Å². The Morgan fingerprint density at radius 2 is 1.91 bits per heavy atom. The maximum Gasteiger partial charge on any atom is 0.122 e. The highest BCUT2D eigenvalue weighted by atomic mass is 19.1. The fourth-order valence-electron chi connectivity index (χ4n) is 1.95. The van der Waals surface area contributed by atoms with E-state index in [1.807, 2.05) is 0 Å². The first kappa shape index (κ1) is 8.98. The second-order valence-electron chi connectivity index (χ2n) is 3.93. The third-order valence-corrected chi connectivity index (χ3v) is 2.89. The maximum absolute atomic E-state index is 13.4. The molecule has 0 aromatic rings. The van der Waals surface area contributed by atoms with Gasteiger partial charge in [0.1, 0.15) is 5.67 Å². The van der Waals surface area contributed by atoms with E-state index in [1.54, 1.807) is 6.92 Å². The van der Waals surface area contributed by atoms with Crippen LogP contribution in [0, 0.1) is 0 Å². The van der Waals surface area contributed by atoms with Crippen LogP contribution in [0.25, 0.3) is 0 Å². The third kappa shape index (κ3) is 1.73. The predicted molar refractivity (Wildman–Crippen MR) is 45.4 cm³/mol. The highest BCUT2D eigenvalue weighted by molar-refractivity contribution is 5.01. The van der Waals surface area contributed by atoms with Crippen molar-refractivity contribution < 1.29 is 4.39 Å². The summed E-state index contributed by atoms with van der Waals surface area (Å²) in [5.74, 6) is 0. The quantitative estimate of drug-likeness (QED) is 0.651. The molecule has 0 spiro atoms. The van der Waals surface area contributed by atoms with Crippen LogP contribution in [-0.2, 0) is 0 Å². The average Bonchev–Trinajstić information content (AvgIpc) is 2.28. The van der Waals surface area contributed by atoms with Gasteiger partial charge < -0.3 is 5.32 Å². The van der Waals surface area contributed by atoms with Crippen LogP contribution in [0.2, 0.25) is 0 Å². The number of nitrogens with one attached hydrogen (secondary N) is 1. The van der Waals surface area contributed by atoms with E-state index < -0.39 is 5.67 Å². The van der Waals surface area contributed by atoms with Gasteiger partial charge in [-0.05, 0) is 19.8 Å². The summed E-state index contributed by atoms with van der Waals surface area (Å²) < 4.78 is 13.4. The number of rotatable bonds is 2. The normalized spacial score (nSPS) is 36.0. The molecule has 1 aliphatic rings. The Morgan fingerprint density at radius 3 is 2.09 bits per heavy atom. The van der Waals surface area contributed by atoms with Crippen molar-refractivity contribution in [3.8, 4) is 0 Å². The van der Waals surface area contributed by atoms with Crippen molar-refractivity contribution >= 4 is 0 Å². The fourth-order valence-corrected chi connectivity index (χ4v) is 1.95. The minimum Gasteiger partial charge on any atom is -0.308 e. The molecule has 1 saturated heterocycles. The van der Waals surface area contributed by atoms with Gasteiger partial charge in [-0.15, -0.1) is 0 Å². The molecule has 1 rings (SSSR count). The van der Waals surface area contributed by atoms with E-state index in [0.29, 0.717) is 13.0 Å². The summed E-state index contributed by atoms with van der Waals surface area (Å²) in [4.78, 5) is 0. The molecule has 1 atom stereocenters. The highest BCUT2D eigenvalue weighted by Gasteiger charge is 2.43. The molecule has 0 saturated carbocycles. The van der Waals surface area contributed by atoms with Crippen molar-refractivity contribution in [2.24, 2.45) is 0 Å². The lowest BCUT2D eigenvalue weighted by Gasteiger charge is -2.26. The Hall–Kier alpha value is -0.110. The number of hydrogen-bond donors (Lipinski definition) is 1. The molecule has 0 radical (unpaired) electrons. The van der Waals surface area contributed by atoms with Crippen molar-refractivity contribution in [3.05, 3.63) is 0 Å². The van der Waals surface area contributed by atoms with Crippen LogP contribution >= 0.6 is 0 Å². The first-order valence-electron chi connectivity index (χ1n) is 4.47. The monoisotopic (exact) mass is 159 g/mol. The Bertz CT molecular complexity index is 138. The van der Waals surface area contributed by atoms with Crippen LogP contribution in [0.4, 0.5) is 4.39 Å². The number of hydrogen-bond acceptors (Lipinski definition) is 1. The molecule has 11 heavy (non-hydrogen) atoms. The van der Waals surface area contributed by atoms with E-state index in [2.05, 4.69) is 19.2 Å². The molecule has 1 aliphatic heterocycles. The van der Waals surface area contributed by atoms with Gasteiger partial charge >= 0.3 is 0 Å². The van der Waals surface area contributed by atoms with Crippen molar-refractivity contribution in [1.82, 2.24) is 5.32 Å². The molecule has 1 fully saturated rings. The van der Waals surface area contributed by atoms with E-state index in [0.717, 1.165) is 12.8 Å². The van der Waals surface area contributed by atoms with E-state index >= 15 is 0 Å². The second kappa shape index (κ2) is 2.74.